The van der Waals surface area contributed by atoms with Crippen LogP contribution >= 0.6 is 11.8 Å². The van der Waals surface area contributed by atoms with Gasteiger partial charge in [0.15, 0.2) is 0 Å². The highest BCUT2D eigenvalue weighted by Gasteiger charge is 2.54. The molecular formula is C16H16N2O5S. The Hall–Kier alpha value is -2.32. The largest absolute Gasteiger partial charge is 0.477 e. The third kappa shape index (κ3) is 2.90. The van der Waals surface area contributed by atoms with Crippen LogP contribution in [0.1, 0.15) is 5.56 Å². The Kier molecular flexibility index (Phi) is 4.59. The van der Waals surface area contributed by atoms with Crippen molar-refractivity contribution in [3.63, 3.8) is 0 Å². The number of carbonyl (C=O) groups excluding carboxylic acids is 2. The van der Waals surface area contributed by atoms with Gasteiger partial charge in [-0.1, -0.05) is 30.3 Å². The molecule has 2 amide bonds. The number of hydrogen-bond donors (Lipinski definition) is 3. The predicted molar refractivity (Wildman–Crippen MR) is 86.9 cm³/mol. The Morgan fingerprint density at radius 1 is 1.29 bits per heavy atom. The molecule has 0 aliphatic carbocycles. The first-order chi connectivity index (χ1) is 11.5. The van der Waals surface area contributed by atoms with Crippen molar-refractivity contribution in [2.75, 3.05) is 12.4 Å². The number of β-lactam (4-membered cyclic amide) rings is 1. The number of carbonyl (C=O) groups is 3. The summed E-state index contributed by atoms with van der Waals surface area (Å²) in [5, 5.41) is 20.8. The average Bonchev–Trinajstić information content (AvgIpc) is 2.58. The van der Waals surface area contributed by atoms with E-state index in [2.05, 4.69) is 5.32 Å². The van der Waals surface area contributed by atoms with Gasteiger partial charge >= 0.3 is 5.97 Å². The van der Waals surface area contributed by atoms with Crippen LogP contribution in [0.3, 0.4) is 0 Å². The molecule has 2 heterocycles. The first kappa shape index (κ1) is 16.5. The molecule has 1 aromatic carbocycles. The van der Waals surface area contributed by atoms with E-state index in [1.807, 2.05) is 30.3 Å². The van der Waals surface area contributed by atoms with Crippen LogP contribution < -0.4 is 5.32 Å². The highest BCUT2D eigenvalue weighted by molar-refractivity contribution is 8.00. The van der Waals surface area contributed by atoms with Crippen LogP contribution in [0.15, 0.2) is 41.6 Å². The normalized spacial score (nSPS) is 22.7. The second kappa shape index (κ2) is 6.66. The minimum Gasteiger partial charge on any atom is -0.477 e. The Labute approximate surface area is 142 Å². The number of thioether (sulfide) groups is 1. The van der Waals surface area contributed by atoms with Crippen LogP contribution in [0.25, 0.3) is 0 Å². The molecular weight excluding hydrogens is 332 g/mol. The fraction of sp³-hybridized carbons (Fsp3) is 0.312. The van der Waals surface area contributed by atoms with E-state index in [-0.39, 0.29) is 18.0 Å². The number of rotatable bonds is 5. The summed E-state index contributed by atoms with van der Waals surface area (Å²) in [6, 6.07) is 8.42. The van der Waals surface area contributed by atoms with Gasteiger partial charge in [-0.15, -0.1) is 11.8 Å². The number of benzene rings is 1. The molecule has 2 atom stereocenters. The average molecular weight is 348 g/mol. The van der Waals surface area contributed by atoms with E-state index in [1.165, 1.54) is 11.8 Å². The molecule has 0 aromatic heterocycles. The molecule has 2 aliphatic rings. The summed E-state index contributed by atoms with van der Waals surface area (Å²) in [6.45, 7) is -0.407. The fourth-order valence-electron chi connectivity index (χ4n) is 2.81. The zero-order chi connectivity index (χ0) is 17.3. The SMILES string of the molecule is O=C(Cc1ccccc1)N[C@H]1C(=O)N2C(C(=O)O)=C(CO)CS[C@@H]12. The van der Waals surface area contributed by atoms with E-state index in [9.17, 15) is 24.6 Å². The van der Waals surface area contributed by atoms with Gasteiger partial charge in [-0.25, -0.2) is 4.79 Å². The number of aliphatic carboxylic acids is 1. The van der Waals surface area contributed by atoms with Gasteiger partial charge in [0.1, 0.15) is 17.1 Å². The Morgan fingerprint density at radius 3 is 2.62 bits per heavy atom. The van der Waals surface area contributed by atoms with E-state index in [0.29, 0.717) is 11.3 Å². The Bertz CT molecular complexity index is 718. The third-order valence-corrected chi connectivity index (χ3v) is 5.30. The smallest absolute Gasteiger partial charge is 0.352 e. The van der Waals surface area contributed by atoms with Gasteiger partial charge in [0.25, 0.3) is 5.91 Å². The maximum Gasteiger partial charge on any atom is 0.352 e. The van der Waals surface area contributed by atoms with Crippen molar-refractivity contribution < 1.29 is 24.6 Å². The van der Waals surface area contributed by atoms with Gasteiger partial charge in [0.05, 0.1) is 13.0 Å². The summed E-state index contributed by atoms with van der Waals surface area (Å²) in [6.07, 6.45) is 0.158. The number of hydrogen-bond acceptors (Lipinski definition) is 5. The van der Waals surface area contributed by atoms with E-state index < -0.39 is 29.9 Å². The molecule has 0 saturated carbocycles. The molecule has 126 valence electrons. The summed E-state index contributed by atoms with van der Waals surface area (Å²) >= 11 is 1.34. The van der Waals surface area contributed by atoms with E-state index in [1.54, 1.807) is 0 Å². The summed E-state index contributed by atoms with van der Waals surface area (Å²) in [5.74, 6) is -1.67. The molecule has 24 heavy (non-hydrogen) atoms. The summed E-state index contributed by atoms with van der Waals surface area (Å²) in [4.78, 5) is 36.9. The van der Waals surface area contributed by atoms with E-state index in [4.69, 9.17) is 0 Å². The minimum absolute atomic E-state index is 0.158. The predicted octanol–water partition coefficient (Wildman–Crippen LogP) is -0.0400. The molecule has 8 heteroatoms. The van der Waals surface area contributed by atoms with E-state index >= 15 is 0 Å². The van der Waals surface area contributed by atoms with Crippen LogP contribution in [-0.2, 0) is 20.8 Å². The van der Waals surface area contributed by atoms with Gasteiger partial charge in [0, 0.05) is 5.75 Å². The van der Waals surface area contributed by atoms with Crippen LogP contribution in [-0.4, -0.2) is 56.7 Å². The standard InChI is InChI=1S/C16H16N2O5S/c19-7-10-8-24-15-12(14(21)18(15)13(10)16(22)23)17-11(20)6-9-4-2-1-3-5-9/h1-5,12,15,19H,6-8H2,(H,17,20)(H,22,23)/t12-,15-/m0/s1. The monoisotopic (exact) mass is 348 g/mol. The molecule has 7 nitrogen and oxygen atoms in total. The first-order valence-corrected chi connectivity index (χ1v) is 8.42. The van der Waals surface area contributed by atoms with Crippen molar-refractivity contribution in [1.82, 2.24) is 10.2 Å². The summed E-state index contributed by atoms with van der Waals surface area (Å²) in [5.41, 5.74) is 0.981. The number of aliphatic hydroxyl groups is 1. The molecule has 1 aromatic rings. The molecule has 0 radical (unpaired) electrons. The number of nitrogens with zero attached hydrogens (tertiary/aromatic N) is 1. The number of aliphatic hydroxyl groups excluding tert-OH is 1. The number of carboxylic acid groups (broad SMARTS) is 1. The maximum atomic E-state index is 12.3. The number of carboxylic acids is 1. The van der Waals surface area contributed by atoms with Gasteiger partial charge < -0.3 is 15.5 Å². The molecule has 3 N–H and O–H groups in total. The third-order valence-electron chi connectivity index (χ3n) is 3.96. The van der Waals surface area contributed by atoms with Gasteiger partial charge in [-0.2, -0.15) is 0 Å². The number of amides is 2. The number of fused-ring (bicyclic) bond motifs is 1. The lowest BCUT2D eigenvalue weighted by molar-refractivity contribution is -0.150. The maximum absolute atomic E-state index is 12.3. The molecule has 1 saturated heterocycles. The summed E-state index contributed by atoms with van der Waals surface area (Å²) < 4.78 is 0. The van der Waals surface area contributed by atoms with Crippen molar-refractivity contribution in [3.8, 4) is 0 Å². The quantitative estimate of drug-likeness (QED) is 0.645. The highest BCUT2D eigenvalue weighted by atomic mass is 32.2. The van der Waals surface area contributed by atoms with Crippen molar-refractivity contribution in [3.05, 3.63) is 47.2 Å². The highest BCUT2D eigenvalue weighted by Crippen LogP contribution is 2.40. The van der Waals surface area contributed by atoms with Crippen LogP contribution in [0.4, 0.5) is 0 Å². The topological polar surface area (TPSA) is 107 Å². The van der Waals surface area contributed by atoms with Gasteiger partial charge in [0.2, 0.25) is 5.91 Å². The van der Waals surface area contributed by atoms with Crippen LogP contribution in [0.2, 0.25) is 0 Å². The van der Waals surface area contributed by atoms with Crippen molar-refractivity contribution in [2.45, 2.75) is 17.8 Å². The van der Waals surface area contributed by atoms with E-state index in [0.717, 1.165) is 10.5 Å². The Balaban J connectivity index is 1.69. The first-order valence-electron chi connectivity index (χ1n) is 7.37. The number of nitrogens with one attached hydrogen (secondary N) is 1. The second-order valence-electron chi connectivity index (χ2n) is 5.53. The second-order valence-corrected chi connectivity index (χ2v) is 6.64. The lowest BCUT2D eigenvalue weighted by Gasteiger charge is -2.49. The molecule has 3 rings (SSSR count). The van der Waals surface area contributed by atoms with Gasteiger partial charge in [-0.05, 0) is 11.1 Å². The summed E-state index contributed by atoms with van der Waals surface area (Å²) in [7, 11) is 0. The van der Waals surface area contributed by atoms with Crippen molar-refractivity contribution in [1.29, 1.82) is 0 Å². The van der Waals surface area contributed by atoms with Gasteiger partial charge in [-0.3, -0.25) is 14.5 Å². The molecule has 0 spiro atoms. The van der Waals surface area contributed by atoms with Crippen LogP contribution in [0, 0.1) is 0 Å². The fourth-order valence-corrected chi connectivity index (χ4v) is 4.15. The lowest BCUT2D eigenvalue weighted by atomic mass is 10.0. The van der Waals surface area contributed by atoms with Crippen molar-refractivity contribution >= 4 is 29.5 Å². The molecule has 0 bridgehead atoms. The van der Waals surface area contributed by atoms with Crippen LogP contribution in [0.5, 0.6) is 0 Å². The van der Waals surface area contributed by atoms with Crippen molar-refractivity contribution in [2.24, 2.45) is 0 Å². The Morgan fingerprint density at radius 2 is 2.00 bits per heavy atom. The molecule has 0 unspecified atom stereocenters. The zero-order valence-corrected chi connectivity index (χ0v) is 13.5. The zero-order valence-electron chi connectivity index (χ0n) is 12.6. The lowest BCUT2D eigenvalue weighted by Crippen LogP contribution is -2.70. The molecule has 2 aliphatic heterocycles. The molecule has 1 fully saturated rings. The minimum atomic E-state index is -1.24.